The average molecular weight is 242 g/mol. The van der Waals surface area contributed by atoms with Crippen molar-refractivity contribution in [2.75, 3.05) is 22.8 Å². The molecule has 0 fully saturated rings. The number of hydrogen-bond acceptors (Lipinski definition) is 3. The molecule has 5 heteroatoms. The molecular formula is C11H18N2O2S. The van der Waals surface area contributed by atoms with Crippen molar-refractivity contribution in [2.45, 2.75) is 13.8 Å². The molecule has 0 atom stereocenters. The van der Waals surface area contributed by atoms with Gasteiger partial charge in [0, 0.05) is 6.54 Å². The number of sulfonamides is 1. The molecule has 0 saturated heterocycles. The van der Waals surface area contributed by atoms with Gasteiger partial charge in [0.1, 0.15) is 0 Å². The van der Waals surface area contributed by atoms with Crippen molar-refractivity contribution in [2.24, 2.45) is 5.92 Å². The van der Waals surface area contributed by atoms with E-state index in [9.17, 15) is 8.42 Å². The minimum absolute atomic E-state index is 0.506. The molecule has 0 aromatic heterocycles. The van der Waals surface area contributed by atoms with Gasteiger partial charge in [-0.1, -0.05) is 26.0 Å². The number of nitrogens with one attached hydrogen (secondary N) is 2. The Kier molecular flexibility index (Phi) is 4.18. The van der Waals surface area contributed by atoms with Gasteiger partial charge < -0.3 is 5.32 Å². The van der Waals surface area contributed by atoms with E-state index in [1.807, 2.05) is 12.1 Å². The Labute approximate surface area is 97.1 Å². The van der Waals surface area contributed by atoms with Crippen LogP contribution in [0, 0.1) is 5.92 Å². The Hall–Kier alpha value is -1.23. The van der Waals surface area contributed by atoms with Crippen LogP contribution in [0.1, 0.15) is 13.8 Å². The van der Waals surface area contributed by atoms with Gasteiger partial charge in [0.25, 0.3) is 0 Å². The number of hydrogen-bond donors (Lipinski definition) is 2. The summed E-state index contributed by atoms with van der Waals surface area (Å²) in [4.78, 5) is 0. The van der Waals surface area contributed by atoms with E-state index in [1.165, 1.54) is 0 Å². The monoisotopic (exact) mass is 242 g/mol. The van der Waals surface area contributed by atoms with Crippen molar-refractivity contribution in [3.8, 4) is 0 Å². The lowest BCUT2D eigenvalue weighted by Gasteiger charge is -2.13. The molecule has 0 unspecified atom stereocenters. The molecule has 0 spiro atoms. The number of para-hydroxylation sites is 2. The average Bonchev–Trinajstić information content (AvgIpc) is 2.14. The first-order valence-electron chi connectivity index (χ1n) is 5.19. The van der Waals surface area contributed by atoms with E-state index >= 15 is 0 Å². The van der Waals surface area contributed by atoms with E-state index in [-0.39, 0.29) is 0 Å². The van der Waals surface area contributed by atoms with Crippen LogP contribution in [0.5, 0.6) is 0 Å². The molecular weight excluding hydrogens is 224 g/mol. The van der Waals surface area contributed by atoms with Crippen LogP contribution < -0.4 is 10.0 Å². The number of benzene rings is 1. The highest BCUT2D eigenvalue weighted by molar-refractivity contribution is 7.92. The lowest BCUT2D eigenvalue weighted by molar-refractivity contribution is 0.607. The highest BCUT2D eigenvalue weighted by Crippen LogP contribution is 2.21. The normalized spacial score (nSPS) is 11.5. The summed E-state index contributed by atoms with van der Waals surface area (Å²) in [6, 6.07) is 7.27. The third kappa shape index (κ3) is 4.53. The molecule has 0 bridgehead atoms. The summed E-state index contributed by atoms with van der Waals surface area (Å²) < 4.78 is 24.8. The zero-order chi connectivity index (χ0) is 12.2. The molecule has 0 heterocycles. The van der Waals surface area contributed by atoms with Crippen LogP contribution in [0.3, 0.4) is 0 Å². The van der Waals surface area contributed by atoms with Gasteiger partial charge >= 0.3 is 0 Å². The quantitative estimate of drug-likeness (QED) is 0.831. The summed E-state index contributed by atoms with van der Waals surface area (Å²) in [7, 11) is -3.23. The molecule has 1 aromatic rings. The first kappa shape index (κ1) is 12.8. The summed E-state index contributed by atoms with van der Waals surface area (Å²) in [6.07, 6.45) is 1.15. The zero-order valence-electron chi connectivity index (χ0n) is 9.82. The molecule has 0 saturated carbocycles. The second-order valence-electron chi connectivity index (χ2n) is 4.19. The largest absolute Gasteiger partial charge is 0.383 e. The highest BCUT2D eigenvalue weighted by atomic mass is 32.2. The van der Waals surface area contributed by atoms with E-state index in [1.54, 1.807) is 12.1 Å². The van der Waals surface area contributed by atoms with Crippen molar-refractivity contribution in [1.82, 2.24) is 0 Å². The molecule has 0 aliphatic carbocycles. The lowest BCUT2D eigenvalue weighted by atomic mass is 10.2. The second kappa shape index (κ2) is 5.21. The van der Waals surface area contributed by atoms with Crippen molar-refractivity contribution >= 4 is 21.4 Å². The Bertz CT molecular complexity index is 441. The van der Waals surface area contributed by atoms with Crippen molar-refractivity contribution < 1.29 is 8.42 Å². The summed E-state index contributed by atoms with van der Waals surface area (Å²) >= 11 is 0. The van der Waals surface area contributed by atoms with Crippen LogP contribution in [0.4, 0.5) is 11.4 Å². The van der Waals surface area contributed by atoms with Crippen LogP contribution >= 0.6 is 0 Å². The molecule has 2 N–H and O–H groups in total. The van der Waals surface area contributed by atoms with E-state index in [4.69, 9.17) is 0 Å². The highest BCUT2D eigenvalue weighted by Gasteiger charge is 2.06. The molecule has 0 amide bonds. The SMILES string of the molecule is CC(C)CNc1ccccc1NS(C)(=O)=O. The van der Waals surface area contributed by atoms with Crippen LogP contribution in [-0.2, 0) is 10.0 Å². The predicted molar refractivity (Wildman–Crippen MR) is 68.2 cm³/mol. The van der Waals surface area contributed by atoms with E-state index < -0.39 is 10.0 Å². The zero-order valence-corrected chi connectivity index (χ0v) is 10.6. The predicted octanol–water partition coefficient (Wildman–Crippen LogP) is 2.13. The Morgan fingerprint density at radius 1 is 1.19 bits per heavy atom. The van der Waals surface area contributed by atoms with Gasteiger partial charge in [-0.2, -0.15) is 0 Å². The maximum Gasteiger partial charge on any atom is 0.229 e. The maximum atomic E-state index is 11.2. The summed E-state index contributed by atoms with van der Waals surface area (Å²) in [5.41, 5.74) is 1.40. The van der Waals surface area contributed by atoms with Crippen molar-refractivity contribution in [3.63, 3.8) is 0 Å². The van der Waals surface area contributed by atoms with Crippen molar-refractivity contribution in [1.29, 1.82) is 0 Å². The van der Waals surface area contributed by atoms with Gasteiger partial charge in [-0.25, -0.2) is 8.42 Å². The standard InChI is InChI=1S/C11H18N2O2S/c1-9(2)8-12-10-6-4-5-7-11(10)13-16(3,14)15/h4-7,9,12-13H,8H2,1-3H3. The summed E-state index contributed by atoms with van der Waals surface area (Å²) in [5, 5.41) is 3.21. The van der Waals surface area contributed by atoms with E-state index in [2.05, 4.69) is 23.9 Å². The number of anilines is 2. The third-order valence-corrected chi connectivity index (χ3v) is 2.51. The minimum atomic E-state index is -3.23. The fraction of sp³-hybridized carbons (Fsp3) is 0.455. The maximum absolute atomic E-state index is 11.2. The second-order valence-corrected chi connectivity index (χ2v) is 5.94. The first-order chi connectivity index (χ1) is 7.38. The third-order valence-electron chi connectivity index (χ3n) is 1.92. The number of rotatable bonds is 5. The van der Waals surface area contributed by atoms with Gasteiger partial charge in [-0.15, -0.1) is 0 Å². The van der Waals surface area contributed by atoms with Crippen LogP contribution in [-0.4, -0.2) is 21.2 Å². The van der Waals surface area contributed by atoms with Gasteiger partial charge in [0.2, 0.25) is 10.0 Å². The fourth-order valence-electron chi connectivity index (χ4n) is 1.24. The van der Waals surface area contributed by atoms with Crippen LogP contribution in [0.2, 0.25) is 0 Å². The van der Waals surface area contributed by atoms with Gasteiger partial charge in [0.05, 0.1) is 17.6 Å². The first-order valence-corrected chi connectivity index (χ1v) is 7.08. The molecule has 4 nitrogen and oxygen atoms in total. The van der Waals surface area contributed by atoms with Crippen LogP contribution in [0.25, 0.3) is 0 Å². The van der Waals surface area contributed by atoms with Gasteiger partial charge in [-0.3, -0.25) is 4.72 Å². The topological polar surface area (TPSA) is 58.2 Å². The molecule has 90 valence electrons. The van der Waals surface area contributed by atoms with Gasteiger partial charge in [0.15, 0.2) is 0 Å². The summed E-state index contributed by atoms with van der Waals surface area (Å²) in [5.74, 6) is 0.506. The Morgan fingerprint density at radius 2 is 1.75 bits per heavy atom. The van der Waals surface area contributed by atoms with Gasteiger partial charge in [-0.05, 0) is 18.1 Å². The lowest BCUT2D eigenvalue weighted by Crippen LogP contribution is -2.13. The molecule has 0 aliphatic rings. The molecule has 1 rings (SSSR count). The van der Waals surface area contributed by atoms with Crippen LogP contribution in [0.15, 0.2) is 24.3 Å². The van der Waals surface area contributed by atoms with Crippen molar-refractivity contribution in [3.05, 3.63) is 24.3 Å². The molecule has 0 radical (unpaired) electrons. The van der Waals surface area contributed by atoms with E-state index in [0.717, 1.165) is 18.5 Å². The molecule has 1 aromatic carbocycles. The minimum Gasteiger partial charge on any atom is -0.383 e. The molecule has 16 heavy (non-hydrogen) atoms. The smallest absolute Gasteiger partial charge is 0.229 e. The Morgan fingerprint density at radius 3 is 2.25 bits per heavy atom. The van der Waals surface area contributed by atoms with E-state index in [0.29, 0.717) is 11.6 Å². The Balaban J connectivity index is 2.83. The fourth-order valence-corrected chi connectivity index (χ4v) is 1.82. The summed E-state index contributed by atoms with van der Waals surface area (Å²) in [6.45, 7) is 5.00. The molecule has 0 aliphatic heterocycles.